The number of nitrogens with two attached hydrogens (primary N) is 1. The maximum absolute atomic E-state index is 12.3. The second-order valence-electron chi connectivity index (χ2n) is 5.24. The number of rotatable bonds is 4. The predicted molar refractivity (Wildman–Crippen MR) is 84.9 cm³/mol. The van der Waals surface area contributed by atoms with Crippen LogP contribution in [-0.4, -0.2) is 33.2 Å². The SMILES string of the molecule is C=C[C@@H]1C[C@@H](COC(C)=O)O[C@H]1n1c(=O)sc2cnc(N)nc21. The van der Waals surface area contributed by atoms with Crippen molar-refractivity contribution in [2.24, 2.45) is 5.92 Å². The molecule has 122 valence electrons. The Bertz CT molecular complexity index is 815. The number of carbonyl (C=O) groups excluding carboxylic acids is 1. The summed E-state index contributed by atoms with van der Waals surface area (Å²) in [5, 5.41) is 0. The van der Waals surface area contributed by atoms with Gasteiger partial charge in [0, 0.05) is 12.8 Å². The topological polar surface area (TPSA) is 109 Å². The number of nitrogen functional groups attached to an aromatic ring is 1. The molecule has 0 radical (unpaired) electrons. The number of anilines is 1. The summed E-state index contributed by atoms with van der Waals surface area (Å²) in [6, 6.07) is 0. The Hall–Kier alpha value is -2.26. The van der Waals surface area contributed by atoms with Gasteiger partial charge in [-0.25, -0.2) is 4.98 Å². The third-order valence-corrected chi connectivity index (χ3v) is 4.52. The van der Waals surface area contributed by atoms with E-state index in [-0.39, 0.29) is 35.4 Å². The summed E-state index contributed by atoms with van der Waals surface area (Å²) in [4.78, 5) is 31.1. The number of ether oxygens (including phenoxy) is 2. The minimum absolute atomic E-state index is 0.0914. The van der Waals surface area contributed by atoms with Crippen molar-refractivity contribution < 1.29 is 14.3 Å². The zero-order valence-corrected chi connectivity index (χ0v) is 13.3. The van der Waals surface area contributed by atoms with Crippen molar-refractivity contribution in [1.82, 2.24) is 14.5 Å². The van der Waals surface area contributed by atoms with E-state index in [0.717, 1.165) is 11.3 Å². The highest BCUT2D eigenvalue weighted by molar-refractivity contribution is 7.16. The van der Waals surface area contributed by atoms with Gasteiger partial charge in [0.1, 0.15) is 12.8 Å². The first-order chi connectivity index (χ1) is 11.0. The molecule has 1 saturated heterocycles. The Kier molecular flexibility index (Phi) is 4.14. The van der Waals surface area contributed by atoms with Crippen molar-refractivity contribution >= 4 is 33.6 Å². The molecule has 1 aliphatic heterocycles. The Morgan fingerprint density at radius 3 is 3.17 bits per heavy atom. The lowest BCUT2D eigenvalue weighted by atomic mass is 10.0. The average Bonchev–Trinajstić information content (AvgIpc) is 3.04. The molecule has 0 unspecified atom stereocenters. The van der Waals surface area contributed by atoms with Gasteiger partial charge >= 0.3 is 10.8 Å². The Balaban J connectivity index is 1.95. The van der Waals surface area contributed by atoms with Crippen LogP contribution in [0.5, 0.6) is 0 Å². The fraction of sp³-hybridized carbons (Fsp3) is 0.429. The molecule has 0 bridgehead atoms. The maximum atomic E-state index is 12.3. The molecular formula is C14H16N4O4S. The molecule has 0 spiro atoms. The highest BCUT2D eigenvalue weighted by atomic mass is 32.1. The summed E-state index contributed by atoms with van der Waals surface area (Å²) in [5.41, 5.74) is 6.07. The Labute approximate surface area is 135 Å². The largest absolute Gasteiger partial charge is 0.463 e. The van der Waals surface area contributed by atoms with Gasteiger partial charge in [-0.15, -0.1) is 6.58 Å². The van der Waals surface area contributed by atoms with E-state index in [1.165, 1.54) is 17.7 Å². The normalized spacial score (nSPS) is 24.0. The molecular weight excluding hydrogens is 320 g/mol. The predicted octanol–water partition coefficient (Wildman–Crippen LogP) is 1.09. The third kappa shape index (κ3) is 2.97. The number of nitrogens with zero attached hydrogens (tertiary/aromatic N) is 3. The van der Waals surface area contributed by atoms with Gasteiger partial charge in [0.15, 0.2) is 5.65 Å². The number of esters is 1. The molecule has 2 aromatic rings. The van der Waals surface area contributed by atoms with Gasteiger partial charge in [-0.2, -0.15) is 4.98 Å². The van der Waals surface area contributed by atoms with E-state index in [0.29, 0.717) is 16.8 Å². The second-order valence-corrected chi connectivity index (χ2v) is 6.23. The van der Waals surface area contributed by atoms with Crippen LogP contribution in [0, 0.1) is 5.92 Å². The second kappa shape index (κ2) is 6.09. The minimum atomic E-state index is -0.552. The molecule has 2 N–H and O–H groups in total. The molecule has 9 heteroatoms. The molecule has 8 nitrogen and oxygen atoms in total. The van der Waals surface area contributed by atoms with Crippen molar-refractivity contribution in [1.29, 1.82) is 0 Å². The van der Waals surface area contributed by atoms with Crippen LogP contribution in [0.1, 0.15) is 19.6 Å². The highest BCUT2D eigenvalue weighted by Crippen LogP contribution is 2.36. The van der Waals surface area contributed by atoms with Crippen molar-refractivity contribution in [3.05, 3.63) is 28.5 Å². The zero-order chi connectivity index (χ0) is 16.6. The number of hydrogen-bond acceptors (Lipinski definition) is 8. The number of fused-ring (bicyclic) bond motifs is 1. The van der Waals surface area contributed by atoms with E-state index in [1.54, 1.807) is 6.08 Å². The number of hydrogen-bond donors (Lipinski definition) is 1. The maximum Gasteiger partial charge on any atom is 0.311 e. The van der Waals surface area contributed by atoms with Gasteiger partial charge in [0.2, 0.25) is 5.95 Å². The highest BCUT2D eigenvalue weighted by Gasteiger charge is 2.37. The first kappa shape index (κ1) is 15.6. The lowest BCUT2D eigenvalue weighted by molar-refractivity contribution is -0.145. The molecule has 1 fully saturated rings. The van der Waals surface area contributed by atoms with Gasteiger partial charge in [-0.05, 0) is 6.42 Å². The van der Waals surface area contributed by atoms with E-state index < -0.39 is 6.23 Å². The third-order valence-electron chi connectivity index (χ3n) is 3.64. The lowest BCUT2D eigenvalue weighted by Crippen LogP contribution is -2.24. The number of carbonyl (C=O) groups is 1. The van der Waals surface area contributed by atoms with Crippen molar-refractivity contribution in [3.8, 4) is 0 Å². The van der Waals surface area contributed by atoms with E-state index in [2.05, 4.69) is 16.5 Å². The fourth-order valence-electron chi connectivity index (χ4n) is 2.63. The van der Waals surface area contributed by atoms with Crippen LogP contribution in [0.15, 0.2) is 23.6 Å². The molecule has 0 aliphatic carbocycles. The zero-order valence-electron chi connectivity index (χ0n) is 12.5. The molecule has 3 heterocycles. The monoisotopic (exact) mass is 336 g/mol. The minimum Gasteiger partial charge on any atom is -0.463 e. The molecule has 3 rings (SSSR count). The molecule has 0 amide bonds. The quantitative estimate of drug-likeness (QED) is 0.657. The first-order valence-corrected chi connectivity index (χ1v) is 7.86. The molecule has 1 aliphatic rings. The van der Waals surface area contributed by atoms with E-state index in [9.17, 15) is 9.59 Å². The summed E-state index contributed by atoms with van der Waals surface area (Å²) >= 11 is 1.03. The standard InChI is InChI=1S/C14H16N4O4S/c1-3-8-4-9(6-21-7(2)19)22-12(8)18-11-10(23-14(18)20)5-16-13(15)17-11/h3,5,8-9,12H,1,4,6H2,2H3,(H2,15,16,17)/t8-,9+,12-/m1/s1. The van der Waals surface area contributed by atoms with Gasteiger partial charge in [-0.3, -0.25) is 14.2 Å². The van der Waals surface area contributed by atoms with Crippen molar-refractivity contribution in [2.75, 3.05) is 12.3 Å². The van der Waals surface area contributed by atoms with E-state index in [1.807, 2.05) is 0 Å². The Morgan fingerprint density at radius 2 is 2.48 bits per heavy atom. The molecule has 0 aromatic carbocycles. The van der Waals surface area contributed by atoms with Crippen LogP contribution in [0.2, 0.25) is 0 Å². The summed E-state index contributed by atoms with van der Waals surface area (Å²) in [6.45, 7) is 5.29. The summed E-state index contributed by atoms with van der Waals surface area (Å²) in [6.07, 6.45) is 3.01. The summed E-state index contributed by atoms with van der Waals surface area (Å²) < 4.78 is 13.0. The van der Waals surface area contributed by atoms with Crippen LogP contribution < -0.4 is 10.6 Å². The molecule has 23 heavy (non-hydrogen) atoms. The number of thiazole rings is 1. The average molecular weight is 336 g/mol. The summed E-state index contributed by atoms with van der Waals surface area (Å²) in [7, 11) is 0. The van der Waals surface area contributed by atoms with Crippen LogP contribution >= 0.6 is 11.3 Å². The van der Waals surface area contributed by atoms with Crippen LogP contribution in [0.3, 0.4) is 0 Å². The number of aromatic nitrogens is 3. The lowest BCUT2D eigenvalue weighted by Gasteiger charge is -2.17. The van der Waals surface area contributed by atoms with Crippen molar-refractivity contribution in [3.63, 3.8) is 0 Å². The first-order valence-electron chi connectivity index (χ1n) is 7.04. The molecule has 2 aromatic heterocycles. The van der Waals surface area contributed by atoms with Crippen molar-refractivity contribution in [2.45, 2.75) is 25.7 Å². The summed E-state index contributed by atoms with van der Waals surface area (Å²) in [5.74, 6) is -0.373. The fourth-order valence-corrected chi connectivity index (χ4v) is 3.45. The van der Waals surface area contributed by atoms with E-state index >= 15 is 0 Å². The smallest absolute Gasteiger partial charge is 0.311 e. The van der Waals surface area contributed by atoms with Crippen LogP contribution in [0.4, 0.5) is 5.95 Å². The van der Waals surface area contributed by atoms with E-state index in [4.69, 9.17) is 15.2 Å². The van der Waals surface area contributed by atoms with Gasteiger partial charge in [0.05, 0.1) is 17.0 Å². The van der Waals surface area contributed by atoms with Gasteiger partial charge < -0.3 is 15.2 Å². The van der Waals surface area contributed by atoms with Crippen LogP contribution in [-0.2, 0) is 14.3 Å². The van der Waals surface area contributed by atoms with Gasteiger partial charge in [0.25, 0.3) is 0 Å². The van der Waals surface area contributed by atoms with Gasteiger partial charge in [-0.1, -0.05) is 17.4 Å². The molecule has 3 atom stereocenters. The molecule has 0 saturated carbocycles. The van der Waals surface area contributed by atoms with Crippen LogP contribution in [0.25, 0.3) is 10.3 Å². The Morgan fingerprint density at radius 1 is 1.70 bits per heavy atom.